The van der Waals surface area contributed by atoms with Crippen LogP contribution in [0.5, 0.6) is 0 Å². The van der Waals surface area contributed by atoms with Gasteiger partial charge in [0.05, 0.1) is 0 Å². The van der Waals surface area contributed by atoms with E-state index in [4.69, 9.17) is 4.84 Å². The Bertz CT molecular complexity index is 364. The fourth-order valence-electron chi connectivity index (χ4n) is 0.798. The summed E-state index contributed by atoms with van der Waals surface area (Å²) in [7, 11) is -10.7. The van der Waals surface area contributed by atoms with Crippen LogP contribution >= 0.6 is 7.81 Å². The van der Waals surface area contributed by atoms with Crippen molar-refractivity contribution in [3.8, 4) is 0 Å². The van der Waals surface area contributed by atoms with Crippen LogP contribution in [0.1, 0.15) is 12.6 Å². The van der Waals surface area contributed by atoms with E-state index >= 15 is 0 Å². The predicted molar refractivity (Wildman–Crippen MR) is 52.1 cm³/mol. The Labute approximate surface area is 94.0 Å². The van der Waals surface area contributed by atoms with Crippen LogP contribution in [-0.2, 0) is 0 Å². The second-order valence-electron chi connectivity index (χ2n) is 3.04. The number of nitrogens with zero attached hydrogens (tertiary/aromatic N) is 1. The Morgan fingerprint density at radius 3 is 1.94 bits per heavy atom. The zero-order valence-electron chi connectivity index (χ0n) is 9.09. The number of hydrogen-bond acceptors (Lipinski definition) is 1. The van der Waals surface area contributed by atoms with Crippen LogP contribution in [-0.4, -0.2) is 6.61 Å². The molecule has 0 fully saturated rings. The molecule has 9 heteroatoms. The normalized spacial score (nSPS) is 15.1. The number of hydrogen-bond donors (Lipinski definition) is 0. The Morgan fingerprint density at radius 2 is 1.59 bits per heavy atom. The molecule has 0 aliphatic carbocycles. The zero-order valence-corrected chi connectivity index (χ0v) is 9.98. The van der Waals surface area contributed by atoms with Gasteiger partial charge in [-0.15, -0.1) is 0 Å². The molecular weight excluding hydrogens is 271 g/mol. The third-order valence-corrected chi connectivity index (χ3v) is 1.29. The summed E-state index contributed by atoms with van der Waals surface area (Å²) in [6.07, 6.45) is 1.90. The first-order valence-electron chi connectivity index (χ1n) is 4.46. The van der Waals surface area contributed by atoms with E-state index in [1.54, 1.807) is 4.73 Å². The average molecular weight is 283 g/mol. The molecule has 1 aromatic heterocycles. The first-order chi connectivity index (χ1) is 7.29. The quantitative estimate of drug-likeness (QED) is 0.452. The number of rotatable bonds is 2. The summed E-state index contributed by atoms with van der Waals surface area (Å²) in [5.41, 5.74) is 1.12. The third kappa shape index (κ3) is 15.0. The van der Waals surface area contributed by atoms with Crippen molar-refractivity contribution in [2.75, 3.05) is 6.61 Å². The molecule has 0 radical (unpaired) electrons. The summed E-state index contributed by atoms with van der Waals surface area (Å²) < 4.78 is 61.0. The van der Waals surface area contributed by atoms with Gasteiger partial charge in [-0.2, -0.15) is 0 Å². The van der Waals surface area contributed by atoms with Gasteiger partial charge in [0.2, 0.25) is 11.9 Å². The summed E-state index contributed by atoms with van der Waals surface area (Å²) in [6, 6.07) is 5.95. The van der Waals surface area contributed by atoms with E-state index in [0.717, 1.165) is 5.69 Å². The molecule has 1 rings (SSSR count). The molecule has 1 aromatic rings. The van der Waals surface area contributed by atoms with Crippen molar-refractivity contribution in [3.63, 3.8) is 0 Å². The van der Waals surface area contributed by atoms with Gasteiger partial charge in [-0.25, -0.2) is 0 Å². The number of halogens is 6. The monoisotopic (exact) mass is 283 g/mol. The molecule has 0 atom stereocenters. The second-order valence-corrected chi connectivity index (χ2v) is 4.96. The Balaban J connectivity index is 0.000000325. The maximum absolute atomic E-state index is 10.7. The van der Waals surface area contributed by atoms with E-state index in [1.165, 1.54) is 0 Å². The van der Waals surface area contributed by atoms with Crippen LogP contribution in [0.25, 0.3) is 0 Å². The molecular formula is C8H12F6NOP. The fraction of sp³-hybridized carbons (Fsp3) is 0.375. The van der Waals surface area contributed by atoms with Gasteiger partial charge in [0, 0.05) is 23.8 Å². The van der Waals surface area contributed by atoms with Crippen LogP contribution in [0.2, 0.25) is 0 Å². The molecule has 2 nitrogen and oxygen atoms in total. The van der Waals surface area contributed by atoms with Gasteiger partial charge in [-0.3, -0.25) is 4.84 Å². The second kappa shape index (κ2) is 4.33. The SMILES string of the molecule is CCO[n+]1ccccc1C.F[P-](F)(F)(F)(F)F. The van der Waals surface area contributed by atoms with Crippen molar-refractivity contribution in [1.29, 1.82) is 0 Å². The summed E-state index contributed by atoms with van der Waals surface area (Å²) in [5.74, 6) is 0. The topological polar surface area (TPSA) is 13.1 Å². The van der Waals surface area contributed by atoms with E-state index in [2.05, 4.69) is 0 Å². The van der Waals surface area contributed by atoms with E-state index in [-0.39, 0.29) is 0 Å². The van der Waals surface area contributed by atoms with Crippen LogP contribution in [0.3, 0.4) is 0 Å². The van der Waals surface area contributed by atoms with Gasteiger partial charge in [0.15, 0.2) is 6.61 Å². The van der Waals surface area contributed by atoms with Gasteiger partial charge < -0.3 is 0 Å². The fourth-order valence-corrected chi connectivity index (χ4v) is 0.798. The summed E-state index contributed by atoms with van der Waals surface area (Å²) in [5, 5.41) is 0. The molecule has 0 bridgehead atoms. The van der Waals surface area contributed by atoms with Crippen molar-refractivity contribution >= 4 is 7.81 Å². The van der Waals surface area contributed by atoms with Gasteiger partial charge >= 0.3 is 33.0 Å². The molecule has 1 heterocycles. The number of pyridine rings is 1. The average Bonchev–Trinajstić information content (AvgIpc) is 2.04. The Hall–Kier alpha value is -1.04. The van der Waals surface area contributed by atoms with E-state index < -0.39 is 7.81 Å². The molecule has 0 aliphatic heterocycles. The number of aryl methyl sites for hydroxylation is 1. The molecule has 0 N–H and O–H groups in total. The van der Waals surface area contributed by atoms with Crippen molar-refractivity contribution in [2.45, 2.75) is 13.8 Å². The Morgan fingerprint density at radius 1 is 1.12 bits per heavy atom. The molecule has 0 spiro atoms. The van der Waals surface area contributed by atoms with E-state index in [1.807, 2.05) is 38.2 Å². The van der Waals surface area contributed by atoms with Crippen molar-refractivity contribution < 1.29 is 34.7 Å². The third-order valence-electron chi connectivity index (χ3n) is 1.29. The minimum absolute atomic E-state index is 0.704. The molecule has 102 valence electrons. The van der Waals surface area contributed by atoms with Gasteiger partial charge in [0.25, 0.3) is 0 Å². The zero-order chi connectivity index (χ0) is 13.8. The molecule has 0 unspecified atom stereocenters. The van der Waals surface area contributed by atoms with Gasteiger partial charge in [0.1, 0.15) is 0 Å². The van der Waals surface area contributed by atoms with Gasteiger partial charge in [-0.05, 0) is 13.0 Å². The molecule has 0 aromatic carbocycles. The first-order valence-corrected chi connectivity index (χ1v) is 6.49. The Kier molecular flexibility index (Phi) is 4.06. The van der Waals surface area contributed by atoms with E-state index in [0.29, 0.717) is 6.61 Å². The summed E-state index contributed by atoms with van der Waals surface area (Å²) in [6.45, 7) is 4.69. The van der Waals surface area contributed by atoms with Crippen molar-refractivity contribution in [2.24, 2.45) is 0 Å². The minimum atomic E-state index is -10.7. The van der Waals surface area contributed by atoms with Crippen LogP contribution in [0.4, 0.5) is 25.2 Å². The van der Waals surface area contributed by atoms with Crippen molar-refractivity contribution in [3.05, 3.63) is 30.1 Å². The molecule has 0 saturated carbocycles. The first kappa shape index (κ1) is 16.0. The molecule has 0 saturated heterocycles. The summed E-state index contributed by atoms with van der Waals surface area (Å²) in [4.78, 5) is 5.25. The van der Waals surface area contributed by atoms with Crippen LogP contribution in [0.15, 0.2) is 24.4 Å². The summed E-state index contributed by atoms with van der Waals surface area (Å²) >= 11 is 0. The van der Waals surface area contributed by atoms with Crippen LogP contribution in [0, 0.1) is 6.92 Å². The molecule has 0 aliphatic rings. The standard InChI is InChI=1S/C8H12NO.F6P/c1-3-10-9-7-5-4-6-8(9)2;1-7(2,3,4,5)6/h4-7H,3H2,1-2H3;/q+1;-1. The van der Waals surface area contributed by atoms with Crippen LogP contribution < -0.4 is 9.57 Å². The van der Waals surface area contributed by atoms with E-state index in [9.17, 15) is 25.2 Å². The molecule has 17 heavy (non-hydrogen) atoms. The molecule has 0 amide bonds. The number of aromatic nitrogens is 1. The van der Waals surface area contributed by atoms with Crippen molar-refractivity contribution in [1.82, 2.24) is 0 Å². The maximum atomic E-state index is 9.87. The van der Waals surface area contributed by atoms with Gasteiger partial charge in [-0.1, -0.05) is 0 Å². The predicted octanol–water partition coefficient (Wildman–Crippen LogP) is 4.11.